The van der Waals surface area contributed by atoms with Crippen LogP contribution in [0.5, 0.6) is 0 Å². The van der Waals surface area contributed by atoms with Gasteiger partial charge in [-0.3, -0.25) is 23.2 Å². The minimum absolute atomic E-state index is 0.0684. The van der Waals surface area contributed by atoms with E-state index in [0.717, 1.165) is 4.57 Å². The lowest BCUT2D eigenvalue weighted by atomic mass is 10.1. The molecule has 0 bridgehead atoms. The lowest BCUT2D eigenvalue weighted by molar-refractivity contribution is -0.145. The third kappa shape index (κ3) is 8.57. The normalized spacial score (nSPS) is 20.9. The molecule has 19 heteroatoms. The zero-order valence-electron chi connectivity index (χ0n) is 23.1. The van der Waals surface area contributed by atoms with Crippen molar-refractivity contribution in [1.29, 1.82) is 0 Å². The van der Waals surface area contributed by atoms with Crippen molar-refractivity contribution in [2.45, 2.75) is 37.5 Å². The molecule has 43 heavy (non-hydrogen) atoms. The van der Waals surface area contributed by atoms with Crippen LogP contribution in [-0.2, 0) is 53.5 Å². The van der Waals surface area contributed by atoms with Crippen LogP contribution in [0.3, 0.4) is 0 Å². The number of aliphatic hydroxyl groups is 2. The Morgan fingerprint density at radius 3 is 2.53 bits per heavy atom. The number of carbonyl (C=O) groups is 2. The van der Waals surface area contributed by atoms with E-state index in [0.29, 0.717) is 0 Å². The van der Waals surface area contributed by atoms with Crippen LogP contribution in [0.4, 0.5) is 0 Å². The molecule has 1 saturated heterocycles. The van der Waals surface area contributed by atoms with Gasteiger partial charge in [-0.15, -0.1) is 0 Å². The van der Waals surface area contributed by atoms with Crippen LogP contribution in [0.1, 0.15) is 6.42 Å². The summed E-state index contributed by atoms with van der Waals surface area (Å²) in [6.45, 7) is 2.40. The number of hydrogen-bond acceptors (Lipinski definition) is 13. The van der Waals surface area contributed by atoms with Crippen molar-refractivity contribution in [2.24, 2.45) is 14.1 Å². The number of fused-ring (bicyclic) bond motifs is 1. The fourth-order valence-corrected chi connectivity index (χ4v) is 4.25. The predicted molar refractivity (Wildman–Crippen MR) is 146 cm³/mol. The Morgan fingerprint density at radius 2 is 1.86 bits per heavy atom. The second-order valence-electron chi connectivity index (χ2n) is 9.17. The molecule has 1 aliphatic heterocycles. The van der Waals surface area contributed by atoms with Crippen molar-refractivity contribution >= 4 is 30.9 Å². The average molecular weight is 630 g/mol. The van der Waals surface area contributed by atoms with Crippen molar-refractivity contribution in [1.82, 2.24) is 24.0 Å². The smallest absolute Gasteiger partial charge is 0.464 e. The third-order valence-electron chi connectivity index (χ3n) is 6.16. The molecule has 236 valence electrons. The summed E-state index contributed by atoms with van der Waals surface area (Å²) in [5, 5.41) is 22.6. The standard InChI is InChI=1S/C24H32N5O13P/c1-4-14(7-5-8-25-21-19(32)18(31)15(42-21)12-41-43(36,37)38)23(34)40-10-6-9-39-16(30)11-29-13-26-20-17(29)22(33)28(3)24(35)27(20)2/h4-5,7-8,13,15,18-19,21,25,31-32H,1,6,9-12H2,2-3H3,(H2,36,37,38)/b8-5-,14-7+/t15-,18-,19-,21-/m1/s1. The van der Waals surface area contributed by atoms with Crippen molar-refractivity contribution in [2.75, 3.05) is 19.8 Å². The van der Waals surface area contributed by atoms with E-state index in [4.69, 9.17) is 24.0 Å². The van der Waals surface area contributed by atoms with E-state index in [1.165, 1.54) is 54.0 Å². The highest BCUT2D eigenvalue weighted by molar-refractivity contribution is 7.46. The van der Waals surface area contributed by atoms with Crippen molar-refractivity contribution in [3.8, 4) is 0 Å². The molecule has 2 aromatic rings. The molecule has 0 saturated carbocycles. The summed E-state index contributed by atoms with van der Waals surface area (Å²) in [6.07, 6.45) is 1.45. The van der Waals surface area contributed by atoms with Crippen LogP contribution >= 0.6 is 7.82 Å². The SMILES string of the molecule is C=C/C(=C\C=C/N[C@@H]1O[C@H](COP(=O)(O)O)[C@@H](O)[C@H]1O)C(=O)OCCCOC(=O)Cn1cnc2c1c(=O)n(C)c(=O)n2C. The number of allylic oxidation sites excluding steroid dienone is 2. The maximum Gasteiger partial charge on any atom is 0.469 e. The van der Waals surface area contributed by atoms with E-state index < -0.39 is 62.2 Å². The first kappa shape index (κ1) is 33.6. The van der Waals surface area contributed by atoms with Gasteiger partial charge in [0.1, 0.15) is 24.9 Å². The Kier molecular flexibility index (Phi) is 11.3. The topological polar surface area (TPSA) is 243 Å². The monoisotopic (exact) mass is 629 g/mol. The number of carbonyl (C=O) groups excluding carboxylic acids is 2. The van der Waals surface area contributed by atoms with E-state index in [2.05, 4.69) is 21.4 Å². The van der Waals surface area contributed by atoms with Gasteiger partial charge in [0.2, 0.25) is 0 Å². The molecule has 2 aromatic heterocycles. The van der Waals surface area contributed by atoms with Crippen LogP contribution in [0.15, 0.2) is 52.5 Å². The van der Waals surface area contributed by atoms with Crippen molar-refractivity contribution < 1.29 is 52.9 Å². The highest BCUT2D eigenvalue weighted by Gasteiger charge is 2.43. The third-order valence-corrected chi connectivity index (χ3v) is 6.64. The fourth-order valence-electron chi connectivity index (χ4n) is 3.91. The first-order valence-corrected chi connectivity index (χ1v) is 14.2. The Balaban J connectivity index is 1.41. The van der Waals surface area contributed by atoms with Crippen LogP contribution in [0, 0.1) is 0 Å². The lowest BCUT2D eigenvalue weighted by Crippen LogP contribution is -2.38. The highest BCUT2D eigenvalue weighted by atomic mass is 31.2. The van der Waals surface area contributed by atoms with Gasteiger partial charge in [-0.05, 0) is 18.4 Å². The molecule has 18 nitrogen and oxygen atoms in total. The number of nitrogens with one attached hydrogen (secondary N) is 1. The number of hydrogen-bond donors (Lipinski definition) is 5. The number of aliphatic hydroxyl groups excluding tert-OH is 2. The Hall–Kier alpha value is -3.90. The molecule has 0 unspecified atom stereocenters. The molecule has 4 atom stereocenters. The van der Waals surface area contributed by atoms with Crippen LogP contribution < -0.4 is 16.6 Å². The molecule has 1 aliphatic rings. The van der Waals surface area contributed by atoms with E-state index in [1.54, 1.807) is 0 Å². The van der Waals surface area contributed by atoms with Gasteiger partial charge in [-0.1, -0.05) is 12.7 Å². The number of phosphoric acid groups is 1. The van der Waals surface area contributed by atoms with Gasteiger partial charge in [-0.2, -0.15) is 0 Å². The van der Waals surface area contributed by atoms with E-state index >= 15 is 0 Å². The summed E-state index contributed by atoms with van der Waals surface area (Å²) in [5.41, 5.74) is -0.878. The number of rotatable bonds is 14. The number of ether oxygens (including phenoxy) is 3. The number of aromatic nitrogens is 4. The lowest BCUT2D eigenvalue weighted by Gasteiger charge is -2.14. The van der Waals surface area contributed by atoms with Gasteiger partial charge < -0.3 is 44.1 Å². The minimum atomic E-state index is -4.79. The molecule has 3 rings (SSSR count). The summed E-state index contributed by atoms with van der Waals surface area (Å²) in [6, 6.07) is 0. The van der Waals surface area contributed by atoms with Crippen LogP contribution in [0.25, 0.3) is 11.2 Å². The van der Waals surface area contributed by atoms with Gasteiger partial charge in [0, 0.05) is 20.5 Å². The molecule has 5 N–H and O–H groups in total. The van der Waals surface area contributed by atoms with Gasteiger partial charge in [0.05, 0.1) is 31.7 Å². The quantitative estimate of drug-likeness (QED) is 0.0484. The Bertz CT molecular complexity index is 1570. The molecule has 0 spiro atoms. The summed E-state index contributed by atoms with van der Waals surface area (Å²) < 4.78 is 34.0. The van der Waals surface area contributed by atoms with Gasteiger partial charge in [0.15, 0.2) is 17.4 Å². The first-order chi connectivity index (χ1) is 20.2. The van der Waals surface area contributed by atoms with Gasteiger partial charge in [0.25, 0.3) is 5.56 Å². The predicted octanol–water partition coefficient (Wildman–Crippen LogP) is -2.32. The maximum absolute atomic E-state index is 12.5. The fraction of sp³-hybridized carbons (Fsp3) is 0.458. The van der Waals surface area contributed by atoms with E-state index in [-0.39, 0.29) is 42.9 Å². The second kappa shape index (κ2) is 14.5. The largest absolute Gasteiger partial charge is 0.469 e. The van der Waals surface area contributed by atoms with Gasteiger partial charge >= 0.3 is 25.5 Å². The molecular formula is C24H32N5O13P. The summed E-state index contributed by atoms with van der Waals surface area (Å²) in [5.74, 6) is -1.39. The molecule has 0 amide bonds. The van der Waals surface area contributed by atoms with E-state index in [1.807, 2.05) is 0 Å². The number of imidazole rings is 1. The van der Waals surface area contributed by atoms with Gasteiger partial charge in [-0.25, -0.2) is 19.1 Å². The molecule has 0 radical (unpaired) electrons. The zero-order chi connectivity index (χ0) is 31.9. The zero-order valence-corrected chi connectivity index (χ0v) is 24.0. The number of phosphoric ester groups is 1. The van der Waals surface area contributed by atoms with Crippen molar-refractivity contribution in [3.63, 3.8) is 0 Å². The summed E-state index contributed by atoms with van der Waals surface area (Å²) in [7, 11) is -2.01. The molecular weight excluding hydrogens is 597 g/mol. The summed E-state index contributed by atoms with van der Waals surface area (Å²) >= 11 is 0. The maximum atomic E-state index is 12.5. The average Bonchev–Trinajstić information content (AvgIpc) is 3.49. The molecule has 0 aromatic carbocycles. The number of esters is 2. The summed E-state index contributed by atoms with van der Waals surface area (Å²) in [4.78, 5) is 70.6. The Morgan fingerprint density at radius 1 is 1.16 bits per heavy atom. The molecule has 0 aliphatic carbocycles. The van der Waals surface area contributed by atoms with Crippen molar-refractivity contribution in [3.05, 3.63) is 63.7 Å². The van der Waals surface area contributed by atoms with Crippen LogP contribution in [-0.4, -0.2) is 95.0 Å². The van der Waals surface area contributed by atoms with Crippen LogP contribution in [0.2, 0.25) is 0 Å². The highest BCUT2D eigenvalue weighted by Crippen LogP contribution is 2.37. The number of nitrogens with zero attached hydrogens (tertiary/aromatic N) is 4. The number of aryl methyl sites for hydroxylation is 1. The minimum Gasteiger partial charge on any atom is -0.464 e. The molecule has 1 fully saturated rings. The first-order valence-electron chi connectivity index (χ1n) is 12.7. The Labute approximate surface area is 243 Å². The molecule has 3 heterocycles. The second-order valence-corrected chi connectivity index (χ2v) is 10.4. The van der Waals surface area contributed by atoms with E-state index in [9.17, 15) is 34.0 Å².